The molecule has 1 aliphatic rings. The van der Waals surface area contributed by atoms with Crippen molar-refractivity contribution >= 4 is 35.1 Å². The van der Waals surface area contributed by atoms with Gasteiger partial charge >= 0.3 is 5.97 Å². The summed E-state index contributed by atoms with van der Waals surface area (Å²) in [6.45, 7) is 0. The second kappa shape index (κ2) is 8.97. The Balaban J connectivity index is 1.51. The molecule has 1 heterocycles. The first-order valence-corrected chi connectivity index (χ1v) is 10.4. The van der Waals surface area contributed by atoms with E-state index in [1.54, 1.807) is 48.5 Å². The van der Waals surface area contributed by atoms with E-state index in [4.69, 9.17) is 4.74 Å². The zero-order valence-corrected chi connectivity index (χ0v) is 16.8. The highest BCUT2D eigenvalue weighted by molar-refractivity contribution is 8.01. The number of amides is 1. The van der Waals surface area contributed by atoms with E-state index < -0.39 is 17.3 Å². The number of para-hydroxylation sites is 1. The van der Waals surface area contributed by atoms with Gasteiger partial charge in [0, 0.05) is 16.0 Å². The number of esters is 1. The van der Waals surface area contributed by atoms with Crippen LogP contribution in [0.25, 0.3) is 0 Å². The molecule has 1 N–H and O–H groups in total. The fourth-order valence-electron chi connectivity index (χ4n) is 3.21. The quantitative estimate of drug-likeness (QED) is 0.467. The second-order valence-electron chi connectivity index (χ2n) is 6.81. The van der Waals surface area contributed by atoms with Crippen molar-refractivity contribution in [2.45, 2.75) is 22.7 Å². The molecule has 0 bridgehead atoms. The first-order chi connectivity index (χ1) is 14.6. The van der Waals surface area contributed by atoms with Crippen molar-refractivity contribution in [1.29, 1.82) is 0 Å². The fraction of sp³-hybridized carbons (Fsp3) is 0.125. The number of nitrogens with one attached hydrogen (secondary N) is 1. The zero-order valence-electron chi connectivity index (χ0n) is 16.0. The van der Waals surface area contributed by atoms with E-state index in [1.165, 1.54) is 11.8 Å². The molecule has 0 spiro atoms. The number of carbonyl (C=O) groups excluding carboxylic acids is 3. The van der Waals surface area contributed by atoms with E-state index in [-0.39, 0.29) is 18.1 Å². The van der Waals surface area contributed by atoms with Gasteiger partial charge in [0.1, 0.15) is 0 Å². The van der Waals surface area contributed by atoms with Crippen molar-refractivity contribution in [1.82, 2.24) is 0 Å². The topological polar surface area (TPSA) is 72.5 Å². The number of rotatable bonds is 6. The Kier molecular flexibility index (Phi) is 5.95. The van der Waals surface area contributed by atoms with Gasteiger partial charge in [0.15, 0.2) is 6.10 Å². The van der Waals surface area contributed by atoms with Crippen LogP contribution in [0, 0.1) is 0 Å². The average Bonchev–Trinajstić information content (AvgIpc) is 2.79. The number of Topliss-reactive ketones (excluding diaryl/α,β-unsaturated/α-hetero) is 1. The van der Waals surface area contributed by atoms with Crippen molar-refractivity contribution in [3.8, 4) is 0 Å². The molecule has 30 heavy (non-hydrogen) atoms. The summed E-state index contributed by atoms with van der Waals surface area (Å²) in [5, 5.41) is 2.20. The third-order valence-electron chi connectivity index (χ3n) is 4.71. The standard InChI is InChI=1S/C24H19NO4S/c26-21(15-20-24(28)25-18-13-7-8-14-19(18)30-20)29-23(17-11-5-2-6-12-17)22(27)16-9-3-1-4-10-16/h1-14,20,23H,15H2,(H,25,28)/t20-,23-/m0/s1. The molecule has 0 aliphatic carbocycles. The Labute approximate surface area is 178 Å². The summed E-state index contributed by atoms with van der Waals surface area (Å²) >= 11 is 1.32. The van der Waals surface area contributed by atoms with Crippen LogP contribution < -0.4 is 5.32 Å². The summed E-state index contributed by atoms with van der Waals surface area (Å²) in [5.74, 6) is -1.15. The van der Waals surface area contributed by atoms with Crippen molar-refractivity contribution in [3.63, 3.8) is 0 Å². The summed E-state index contributed by atoms with van der Waals surface area (Å²) in [5.41, 5.74) is 1.78. The maximum absolute atomic E-state index is 13.0. The maximum atomic E-state index is 13.0. The number of ether oxygens (including phenoxy) is 1. The van der Waals surface area contributed by atoms with Gasteiger partial charge in [-0.1, -0.05) is 72.8 Å². The summed E-state index contributed by atoms with van der Waals surface area (Å²) in [6, 6.07) is 25.0. The lowest BCUT2D eigenvalue weighted by molar-refractivity contribution is -0.148. The van der Waals surface area contributed by atoms with E-state index >= 15 is 0 Å². The third-order valence-corrected chi connectivity index (χ3v) is 5.98. The van der Waals surface area contributed by atoms with Crippen molar-refractivity contribution in [3.05, 3.63) is 96.1 Å². The predicted molar refractivity (Wildman–Crippen MR) is 115 cm³/mol. The molecule has 0 unspecified atom stereocenters. The SMILES string of the molecule is O=C(C[C@@H]1Sc2ccccc2NC1=O)O[C@H](C(=O)c1ccccc1)c1ccccc1. The van der Waals surface area contributed by atoms with Crippen LogP contribution in [-0.2, 0) is 14.3 Å². The Hall–Kier alpha value is -3.38. The van der Waals surface area contributed by atoms with E-state index in [0.717, 1.165) is 10.6 Å². The number of anilines is 1. The fourth-order valence-corrected chi connectivity index (χ4v) is 4.31. The minimum Gasteiger partial charge on any atom is -0.449 e. The molecule has 6 heteroatoms. The van der Waals surface area contributed by atoms with Crippen LogP contribution >= 0.6 is 11.8 Å². The van der Waals surface area contributed by atoms with Gasteiger partial charge in [-0.15, -0.1) is 11.8 Å². The van der Waals surface area contributed by atoms with Crippen LogP contribution in [0.3, 0.4) is 0 Å². The van der Waals surface area contributed by atoms with E-state index in [2.05, 4.69) is 5.32 Å². The monoisotopic (exact) mass is 417 g/mol. The van der Waals surface area contributed by atoms with Crippen LogP contribution in [0.1, 0.15) is 28.4 Å². The first kappa shape index (κ1) is 19.9. The minimum atomic E-state index is -1.06. The molecule has 0 aromatic heterocycles. The number of benzene rings is 3. The average molecular weight is 417 g/mol. The van der Waals surface area contributed by atoms with E-state index in [1.807, 2.05) is 36.4 Å². The van der Waals surface area contributed by atoms with Gasteiger partial charge in [-0.05, 0) is 12.1 Å². The molecule has 0 fully saturated rings. The molecule has 4 rings (SSSR count). The lowest BCUT2D eigenvalue weighted by atomic mass is 10.00. The Morgan fingerprint density at radius 3 is 2.27 bits per heavy atom. The van der Waals surface area contributed by atoms with Crippen molar-refractivity contribution in [2.75, 3.05) is 5.32 Å². The van der Waals surface area contributed by atoms with Crippen molar-refractivity contribution in [2.24, 2.45) is 0 Å². The van der Waals surface area contributed by atoms with Gasteiger partial charge in [-0.2, -0.15) is 0 Å². The molecular formula is C24H19NO4S. The van der Waals surface area contributed by atoms with Gasteiger partial charge in [0.2, 0.25) is 11.7 Å². The van der Waals surface area contributed by atoms with Crippen molar-refractivity contribution < 1.29 is 19.1 Å². The first-order valence-electron chi connectivity index (χ1n) is 9.52. The number of hydrogen-bond acceptors (Lipinski definition) is 5. The van der Waals surface area contributed by atoms with Gasteiger partial charge < -0.3 is 10.1 Å². The molecule has 1 aliphatic heterocycles. The molecule has 5 nitrogen and oxygen atoms in total. The van der Waals surface area contributed by atoms with Gasteiger partial charge in [0.05, 0.1) is 17.4 Å². The smallest absolute Gasteiger partial charge is 0.308 e. The highest BCUT2D eigenvalue weighted by Crippen LogP contribution is 2.37. The molecule has 0 radical (unpaired) electrons. The van der Waals surface area contributed by atoms with Gasteiger partial charge in [-0.25, -0.2) is 0 Å². The number of ketones is 1. The summed E-state index contributed by atoms with van der Waals surface area (Å²) in [4.78, 5) is 39.1. The molecule has 3 aromatic carbocycles. The van der Waals surface area contributed by atoms with Gasteiger partial charge in [-0.3, -0.25) is 14.4 Å². The number of carbonyl (C=O) groups is 3. The Bertz CT molecular complexity index is 1070. The van der Waals surface area contributed by atoms with E-state index in [9.17, 15) is 14.4 Å². The molecular weight excluding hydrogens is 398 g/mol. The van der Waals surface area contributed by atoms with Crippen LogP contribution in [-0.4, -0.2) is 22.9 Å². The largest absolute Gasteiger partial charge is 0.449 e. The number of hydrogen-bond donors (Lipinski definition) is 1. The summed E-state index contributed by atoms with van der Waals surface area (Å²) in [7, 11) is 0. The van der Waals surface area contributed by atoms with Crippen LogP contribution in [0.15, 0.2) is 89.8 Å². The lowest BCUT2D eigenvalue weighted by Crippen LogP contribution is -2.32. The van der Waals surface area contributed by atoms with Crippen LogP contribution in [0.4, 0.5) is 5.69 Å². The zero-order chi connectivity index (χ0) is 20.9. The summed E-state index contributed by atoms with van der Waals surface area (Å²) in [6.07, 6.45) is -1.19. The molecule has 2 atom stereocenters. The molecule has 1 amide bonds. The summed E-state index contributed by atoms with van der Waals surface area (Å²) < 4.78 is 5.61. The Morgan fingerprint density at radius 1 is 0.900 bits per heavy atom. The molecule has 0 saturated carbocycles. The predicted octanol–water partition coefficient (Wildman–Crippen LogP) is 4.66. The van der Waals surface area contributed by atoms with Crippen LogP contribution in [0.5, 0.6) is 0 Å². The number of thioether (sulfide) groups is 1. The van der Waals surface area contributed by atoms with Crippen LogP contribution in [0.2, 0.25) is 0 Å². The third kappa shape index (κ3) is 4.44. The normalized spacial score (nSPS) is 16.1. The van der Waals surface area contributed by atoms with E-state index in [0.29, 0.717) is 11.1 Å². The lowest BCUT2D eigenvalue weighted by Gasteiger charge is -2.24. The maximum Gasteiger partial charge on any atom is 0.308 e. The Morgan fingerprint density at radius 2 is 1.53 bits per heavy atom. The molecule has 0 saturated heterocycles. The minimum absolute atomic E-state index is 0.129. The van der Waals surface area contributed by atoms with Gasteiger partial charge in [0.25, 0.3) is 0 Å². The molecule has 150 valence electrons. The molecule has 3 aromatic rings. The number of fused-ring (bicyclic) bond motifs is 1. The highest BCUT2D eigenvalue weighted by atomic mass is 32.2. The second-order valence-corrected chi connectivity index (χ2v) is 8.05. The highest BCUT2D eigenvalue weighted by Gasteiger charge is 2.32.